The Hall–Kier alpha value is -6.10. The predicted molar refractivity (Wildman–Crippen MR) is 216 cm³/mol. The fourth-order valence-electron chi connectivity index (χ4n) is 7.48. The number of carboxylic acid groups (broad SMARTS) is 1. The van der Waals surface area contributed by atoms with Crippen molar-refractivity contribution in [1.29, 1.82) is 0 Å². The number of nitrogens with one attached hydrogen (secondary N) is 2. The third kappa shape index (κ3) is 8.70. The van der Waals surface area contributed by atoms with Crippen LogP contribution in [0.5, 0.6) is 11.5 Å². The SMILES string of the molecule is CCc1ccccc1C=CCC(C)C(CNCC1(O)C(Oc2ccc3c(=O)c(-c4ccc(O)cc4)c(C(N)=O)oc3c2)OC(C(=O)O)C(O)C1(O)C=O)Cc1cc[nH]c1. The zero-order chi connectivity index (χ0) is 42.5. The number of amides is 1. The summed E-state index contributed by atoms with van der Waals surface area (Å²) in [5.41, 5.74) is 2.24. The van der Waals surface area contributed by atoms with E-state index in [1.807, 2.05) is 30.6 Å². The van der Waals surface area contributed by atoms with Gasteiger partial charge < -0.3 is 55.5 Å². The molecule has 15 heteroatoms. The van der Waals surface area contributed by atoms with Gasteiger partial charge in [0.05, 0.1) is 10.9 Å². The number of hydrogen-bond donors (Lipinski definition) is 8. The van der Waals surface area contributed by atoms with Gasteiger partial charge in [0.1, 0.15) is 23.2 Å². The number of rotatable bonds is 17. The number of nitrogens with two attached hydrogens (primary N) is 1. The molecule has 1 saturated heterocycles. The van der Waals surface area contributed by atoms with Crippen LogP contribution in [0.4, 0.5) is 0 Å². The second-order valence-corrected chi connectivity index (χ2v) is 14.8. The fraction of sp³-hybridized carbons (Fsp3) is 0.318. The van der Waals surface area contributed by atoms with Crippen LogP contribution in [0.1, 0.15) is 47.5 Å². The summed E-state index contributed by atoms with van der Waals surface area (Å²) in [6, 6.07) is 19.2. The Morgan fingerprint density at radius 1 is 1.08 bits per heavy atom. The molecule has 1 fully saturated rings. The number of aliphatic carboxylic acids is 1. The molecule has 0 aliphatic carbocycles. The van der Waals surface area contributed by atoms with Gasteiger partial charge in [-0.15, -0.1) is 0 Å². The maximum Gasteiger partial charge on any atom is 0.335 e. The van der Waals surface area contributed by atoms with Gasteiger partial charge >= 0.3 is 5.97 Å². The van der Waals surface area contributed by atoms with E-state index in [1.54, 1.807) is 0 Å². The Morgan fingerprint density at radius 2 is 1.83 bits per heavy atom. The molecule has 1 aliphatic rings. The summed E-state index contributed by atoms with van der Waals surface area (Å²) in [5, 5.41) is 57.7. The Morgan fingerprint density at radius 3 is 2.49 bits per heavy atom. The average Bonchev–Trinajstić information content (AvgIpc) is 3.74. The Labute approximate surface area is 338 Å². The topological polar surface area (TPSA) is 255 Å². The number of allylic oxidation sites excluding steroid dienone is 1. The number of aliphatic hydroxyl groups excluding tert-OH is 1. The van der Waals surface area contributed by atoms with Crippen molar-refractivity contribution in [3.05, 3.63) is 124 Å². The quantitative estimate of drug-likeness (QED) is 0.0627. The van der Waals surface area contributed by atoms with Crippen LogP contribution in [-0.2, 0) is 27.2 Å². The zero-order valence-electron chi connectivity index (χ0n) is 32.4. The van der Waals surface area contributed by atoms with E-state index in [1.165, 1.54) is 42.0 Å². The number of fused-ring (bicyclic) bond motifs is 1. The first kappa shape index (κ1) is 42.5. The van der Waals surface area contributed by atoms with Crippen LogP contribution in [0, 0.1) is 11.8 Å². The van der Waals surface area contributed by atoms with Crippen molar-refractivity contribution in [2.24, 2.45) is 17.6 Å². The maximum absolute atomic E-state index is 13.7. The summed E-state index contributed by atoms with van der Waals surface area (Å²) in [6.07, 6.45) is 3.15. The van der Waals surface area contributed by atoms with Gasteiger partial charge in [-0.2, -0.15) is 0 Å². The van der Waals surface area contributed by atoms with Gasteiger partial charge in [0, 0.05) is 25.0 Å². The molecule has 6 rings (SSSR count). The number of ether oxygens (including phenoxy) is 2. The highest BCUT2D eigenvalue weighted by Gasteiger charge is 2.67. The number of carboxylic acids is 1. The average molecular weight is 810 g/mol. The molecule has 0 spiro atoms. The first-order chi connectivity index (χ1) is 28.2. The first-order valence-electron chi connectivity index (χ1n) is 19.1. The second-order valence-electron chi connectivity index (χ2n) is 14.8. The van der Waals surface area contributed by atoms with E-state index in [0.29, 0.717) is 12.8 Å². The number of H-pyrrole nitrogens is 1. The number of aldehydes is 1. The van der Waals surface area contributed by atoms with E-state index >= 15 is 0 Å². The highest BCUT2D eigenvalue weighted by atomic mass is 16.7. The van der Waals surface area contributed by atoms with Crippen LogP contribution >= 0.6 is 0 Å². The lowest BCUT2D eigenvalue weighted by Gasteiger charge is -2.51. The standard InChI is InChI=1S/C44H47N3O12/c1-3-27-8-4-5-9-28(27)10-6-7-25(2)30(19-26-17-18-46-21-26)22-47-23-43(55)42(59-38(41(53)54)39(51)44(43,56)24-48)57-32-15-16-33-34(20-32)58-37(40(45)52)35(36(33)50)29-11-13-31(49)14-12-29/h4-6,8-18,20-21,24-25,30,38-39,42,46-47,49,51,55-56H,3,7,19,22-23H2,1-2H3,(H2,45,52)(H,53,54). The predicted octanol–water partition coefficient (Wildman–Crippen LogP) is 3.55. The smallest absolute Gasteiger partial charge is 0.335 e. The molecule has 2 aromatic heterocycles. The molecule has 7 atom stereocenters. The first-order valence-corrected chi connectivity index (χ1v) is 19.1. The van der Waals surface area contributed by atoms with Crippen molar-refractivity contribution >= 4 is 35.2 Å². The van der Waals surface area contributed by atoms with Crippen molar-refractivity contribution < 1.29 is 53.8 Å². The Kier molecular flexibility index (Phi) is 12.8. The van der Waals surface area contributed by atoms with E-state index in [0.717, 1.165) is 23.6 Å². The van der Waals surface area contributed by atoms with Gasteiger partial charge in [-0.05, 0) is 90.2 Å². The zero-order valence-corrected chi connectivity index (χ0v) is 32.4. The molecule has 0 radical (unpaired) electrons. The molecule has 0 bridgehead atoms. The number of primary amides is 1. The molecule has 310 valence electrons. The van der Waals surface area contributed by atoms with Gasteiger partial charge in [0.25, 0.3) is 5.91 Å². The molecule has 7 unspecified atom stereocenters. The number of aromatic amines is 1. The minimum atomic E-state index is -3.13. The molecular formula is C44H47N3O12. The van der Waals surface area contributed by atoms with Gasteiger partial charge in [-0.25, -0.2) is 4.79 Å². The normalized spacial score (nSPS) is 22.9. The number of phenolic OH excluding ortho intramolecular Hbond substituents is 1. The number of phenols is 1. The number of carbonyl (C=O) groups excluding carboxylic acids is 2. The van der Waals surface area contributed by atoms with E-state index in [9.17, 15) is 44.7 Å². The van der Waals surface area contributed by atoms with Crippen molar-refractivity contribution in [2.75, 3.05) is 13.1 Å². The lowest BCUT2D eigenvalue weighted by Crippen LogP contribution is -2.79. The minimum absolute atomic E-state index is 0.0258. The number of aromatic nitrogens is 1. The summed E-state index contributed by atoms with van der Waals surface area (Å²) in [4.78, 5) is 54.1. The number of hydrogen-bond acceptors (Lipinski definition) is 12. The number of aromatic hydroxyl groups is 1. The summed E-state index contributed by atoms with van der Waals surface area (Å²) in [6.45, 7) is 3.78. The van der Waals surface area contributed by atoms with Crippen LogP contribution in [-0.4, -0.2) is 91.5 Å². The van der Waals surface area contributed by atoms with Crippen LogP contribution in [0.3, 0.4) is 0 Å². The van der Waals surface area contributed by atoms with Crippen molar-refractivity contribution in [3.8, 4) is 22.6 Å². The highest BCUT2D eigenvalue weighted by molar-refractivity contribution is 5.99. The summed E-state index contributed by atoms with van der Waals surface area (Å²) in [5.74, 6) is -3.62. The molecule has 0 saturated carbocycles. The van der Waals surface area contributed by atoms with E-state index in [2.05, 4.69) is 48.4 Å². The number of aryl methyl sites for hydroxylation is 1. The molecule has 15 nitrogen and oxygen atoms in total. The molecular weight excluding hydrogens is 762 g/mol. The van der Waals surface area contributed by atoms with Gasteiger partial charge in [0.2, 0.25) is 17.5 Å². The number of benzene rings is 3. The molecule has 9 N–H and O–H groups in total. The van der Waals surface area contributed by atoms with Gasteiger partial charge in [-0.1, -0.05) is 62.4 Å². The van der Waals surface area contributed by atoms with Crippen LogP contribution in [0.15, 0.2) is 100 Å². The van der Waals surface area contributed by atoms with Crippen LogP contribution < -0.4 is 21.2 Å². The lowest BCUT2D eigenvalue weighted by atomic mass is 9.74. The molecule has 3 aromatic carbocycles. The monoisotopic (exact) mass is 809 g/mol. The third-order valence-electron chi connectivity index (χ3n) is 11.0. The van der Waals surface area contributed by atoms with E-state index < -0.39 is 59.3 Å². The van der Waals surface area contributed by atoms with Crippen LogP contribution in [0.2, 0.25) is 0 Å². The molecule has 1 aliphatic heterocycles. The van der Waals surface area contributed by atoms with Gasteiger partial charge in [0.15, 0.2) is 23.6 Å². The molecule has 59 heavy (non-hydrogen) atoms. The van der Waals surface area contributed by atoms with E-state index in [4.69, 9.17) is 19.6 Å². The lowest BCUT2D eigenvalue weighted by molar-refractivity contribution is -0.334. The minimum Gasteiger partial charge on any atom is -0.508 e. The molecule has 1 amide bonds. The van der Waals surface area contributed by atoms with Crippen molar-refractivity contribution in [1.82, 2.24) is 10.3 Å². The highest BCUT2D eigenvalue weighted by Crippen LogP contribution is 2.39. The molecule has 3 heterocycles. The Bertz CT molecular complexity index is 2380. The summed E-state index contributed by atoms with van der Waals surface area (Å²) < 4.78 is 17.3. The van der Waals surface area contributed by atoms with Gasteiger partial charge in [-0.3, -0.25) is 14.4 Å². The largest absolute Gasteiger partial charge is 0.508 e. The summed E-state index contributed by atoms with van der Waals surface area (Å²) in [7, 11) is 0. The second kappa shape index (κ2) is 17.8. The van der Waals surface area contributed by atoms with Crippen molar-refractivity contribution in [3.63, 3.8) is 0 Å². The summed E-state index contributed by atoms with van der Waals surface area (Å²) >= 11 is 0. The molecule has 5 aromatic rings. The van der Waals surface area contributed by atoms with E-state index in [-0.39, 0.29) is 58.3 Å². The number of aliphatic hydroxyl groups is 3. The number of carbonyl (C=O) groups is 3. The maximum atomic E-state index is 13.7. The fourth-order valence-corrected chi connectivity index (χ4v) is 7.48. The Balaban J connectivity index is 1.29. The van der Waals surface area contributed by atoms with Crippen LogP contribution in [0.25, 0.3) is 28.2 Å². The third-order valence-corrected chi connectivity index (χ3v) is 11.0. The van der Waals surface area contributed by atoms with Crippen molar-refractivity contribution in [2.45, 2.75) is 62.8 Å².